The Kier molecular flexibility index (Phi) is 37.4. The molecule has 1 heterocycles. The van der Waals surface area contributed by atoms with Crippen LogP contribution in [0.3, 0.4) is 0 Å². The van der Waals surface area contributed by atoms with Gasteiger partial charge in [-0.15, -0.1) is 0 Å². The van der Waals surface area contributed by atoms with Gasteiger partial charge in [0.1, 0.15) is 66.5 Å². The molecule has 24 nitrogen and oxygen atoms in total. The number of nitrogens with one attached hydrogen (secondary N) is 4. The summed E-state index contributed by atoms with van der Waals surface area (Å²) >= 11 is 1.44. The molecule has 0 saturated carbocycles. The van der Waals surface area contributed by atoms with E-state index in [4.69, 9.17) is 0 Å². The highest BCUT2D eigenvalue weighted by Gasteiger charge is 2.47. The van der Waals surface area contributed by atoms with Crippen LogP contribution in [-0.2, 0) is 52.7 Å². The molecule has 0 radical (unpaired) electrons. The minimum atomic E-state index is -1.64. The fraction of sp³-hybridized carbons (Fsp3) is 0.814. The molecule has 11 amide bonds. The number of carbonyl (C=O) groups excluding carboxylic acids is 11. The van der Waals surface area contributed by atoms with Crippen molar-refractivity contribution >= 4 is 76.7 Å². The predicted molar refractivity (Wildman–Crippen MR) is 377 cm³/mol. The van der Waals surface area contributed by atoms with Crippen LogP contribution in [0.2, 0.25) is 0 Å². The molecule has 0 spiro atoms. The first-order valence-corrected chi connectivity index (χ1v) is 35.8. The first kappa shape index (κ1) is 87.2. The molecular weight excluding hydrogens is 1230 g/mol. The van der Waals surface area contributed by atoms with Crippen molar-refractivity contribution < 1.29 is 57.8 Å². The minimum absolute atomic E-state index is 0.0809. The highest BCUT2D eigenvalue weighted by molar-refractivity contribution is 7.99. The fourth-order valence-electron chi connectivity index (χ4n) is 12.0. The van der Waals surface area contributed by atoms with Gasteiger partial charge in [-0.1, -0.05) is 130 Å². The lowest BCUT2D eigenvalue weighted by molar-refractivity contribution is -0.157. The highest BCUT2D eigenvalue weighted by Crippen LogP contribution is 2.27. The maximum Gasteiger partial charge on any atom is 0.246 e. The van der Waals surface area contributed by atoms with Gasteiger partial charge in [-0.3, -0.25) is 52.7 Å². The van der Waals surface area contributed by atoms with Crippen LogP contribution < -0.4 is 21.3 Å². The summed E-state index contributed by atoms with van der Waals surface area (Å²) in [7, 11) is 10.2. The quantitative estimate of drug-likeness (QED) is 0.0708. The molecule has 95 heavy (non-hydrogen) atoms. The number of amides is 11. The highest BCUT2D eigenvalue weighted by atomic mass is 32.2. The average Bonchev–Trinajstić information content (AvgIpc) is 0.813. The summed E-state index contributed by atoms with van der Waals surface area (Å²) < 4.78 is 0. The van der Waals surface area contributed by atoms with Crippen molar-refractivity contribution in [2.24, 2.45) is 47.3 Å². The van der Waals surface area contributed by atoms with Gasteiger partial charge in [0.15, 0.2) is 0 Å². The zero-order chi connectivity index (χ0) is 73.5. The molecule has 1 rings (SSSR count). The first-order chi connectivity index (χ1) is 44.0. The van der Waals surface area contributed by atoms with Crippen LogP contribution in [0.25, 0.3) is 0 Å². The molecular formula is C70H128N12O12S. The third-order valence-electron chi connectivity index (χ3n) is 18.3. The fourth-order valence-corrected chi connectivity index (χ4v) is 13.2. The number of rotatable bonds is 22. The van der Waals surface area contributed by atoms with Crippen LogP contribution in [-0.4, -0.2) is 262 Å². The van der Waals surface area contributed by atoms with E-state index in [0.717, 1.165) is 18.0 Å². The molecule has 0 aromatic rings. The Morgan fingerprint density at radius 2 is 0.789 bits per heavy atom. The summed E-state index contributed by atoms with van der Waals surface area (Å²) in [6.07, 6.45) is 2.98. The number of carbonyl (C=O) groups is 11. The van der Waals surface area contributed by atoms with Crippen LogP contribution in [0.5, 0.6) is 0 Å². The largest absolute Gasteiger partial charge is 0.390 e. The molecule has 1 aliphatic rings. The van der Waals surface area contributed by atoms with Crippen LogP contribution in [0.4, 0.5) is 0 Å². The minimum Gasteiger partial charge on any atom is -0.390 e. The van der Waals surface area contributed by atoms with Crippen molar-refractivity contribution in [3.8, 4) is 0 Å². The van der Waals surface area contributed by atoms with E-state index < -0.39 is 161 Å². The van der Waals surface area contributed by atoms with E-state index >= 15 is 33.6 Å². The van der Waals surface area contributed by atoms with Crippen molar-refractivity contribution in [1.82, 2.24) is 60.5 Å². The van der Waals surface area contributed by atoms with Gasteiger partial charge in [-0.25, -0.2) is 0 Å². The SMILES string of the molecule is CC=CC[C@@H](C)[C@@H](O)[C@@H]1C(=O)N[C@H](C(C)C)C(=O)N(C)[C@H](CSCCN(CC)CC)C(=O)N(C)[C@@H](CC(C)C)C(=O)N[C@H](C(C)C)C(=O)N(C)[C@H](CC(C)C)C(=O)N[C@H](C)C(=O)N[C@@H](C)C(=O)N(C)[C@H](CC(C)C)C(=O)N(C)[C@H](CC(C)C)C(=O)N(C)[C@H](C(C)C)C(=O)N1C. The Morgan fingerprint density at radius 1 is 0.432 bits per heavy atom. The van der Waals surface area contributed by atoms with Gasteiger partial charge in [0, 0.05) is 67.4 Å². The number of nitrogens with zero attached hydrogens (tertiary/aromatic N) is 8. The van der Waals surface area contributed by atoms with Gasteiger partial charge in [0.2, 0.25) is 65.0 Å². The van der Waals surface area contributed by atoms with Crippen molar-refractivity contribution in [3.05, 3.63) is 12.2 Å². The zero-order valence-electron chi connectivity index (χ0n) is 63.2. The summed E-state index contributed by atoms with van der Waals surface area (Å²) in [4.78, 5) is 176. The van der Waals surface area contributed by atoms with Gasteiger partial charge in [0.25, 0.3) is 0 Å². The standard InChI is InChI=1S/C70H128N12O12S/c1-28-31-32-47(18)59(83)58-63(87)74-56(45(14)15)69(93)79(25)54(39-95-34-33-82(29-2)30-3)67(91)75(21)51(36-41(6)7)62(86)73-55(44(12)13)68(92)76(22)50(35-40(4)5)61(85)71-48(19)60(84)72-49(20)64(88)77(23)52(37-42(8)9)65(89)78(24)53(38-43(10)11)66(90)80(26)57(46(16)17)70(94)81(58)27/h28,31,40-59,83H,29-30,32-39H2,1-27H3,(H,71,85)(H,72,84)(H,73,86)(H,74,87)/t47-,48-,49+,50-,51+,52-,53-,54-,55-,56-,57-,58-,59-/m1/s1. The number of aliphatic hydroxyl groups is 1. The number of likely N-dealkylation sites (N-methyl/N-ethyl adjacent to an activating group) is 7. The molecule has 546 valence electrons. The maximum atomic E-state index is 15.5. The number of allylic oxidation sites excluding steroid dienone is 2. The first-order valence-electron chi connectivity index (χ1n) is 34.7. The normalized spacial score (nSPS) is 26.3. The van der Waals surface area contributed by atoms with Crippen molar-refractivity contribution in [3.63, 3.8) is 0 Å². The van der Waals surface area contributed by atoms with Gasteiger partial charge in [0.05, 0.1) is 6.10 Å². The van der Waals surface area contributed by atoms with Crippen LogP contribution >= 0.6 is 11.8 Å². The Hall–Kier alpha value is -5.82. The third kappa shape index (κ3) is 25.2. The van der Waals surface area contributed by atoms with Crippen LogP contribution in [0, 0.1) is 47.3 Å². The predicted octanol–water partition coefficient (Wildman–Crippen LogP) is 4.96. The summed E-state index contributed by atoms with van der Waals surface area (Å²) in [6.45, 7) is 38.3. The monoisotopic (exact) mass is 1360 g/mol. The second-order valence-corrected chi connectivity index (χ2v) is 30.3. The number of hydrogen-bond donors (Lipinski definition) is 5. The second-order valence-electron chi connectivity index (χ2n) is 29.2. The third-order valence-corrected chi connectivity index (χ3v) is 19.3. The molecule has 1 fully saturated rings. The molecule has 1 saturated heterocycles. The Morgan fingerprint density at radius 3 is 1.21 bits per heavy atom. The lowest BCUT2D eigenvalue weighted by Gasteiger charge is -2.42. The lowest BCUT2D eigenvalue weighted by Crippen LogP contribution is -2.64. The number of aliphatic hydroxyl groups excluding tert-OH is 1. The summed E-state index contributed by atoms with van der Waals surface area (Å²) in [5, 5.41) is 23.7. The molecule has 0 unspecified atom stereocenters. The van der Waals surface area contributed by atoms with E-state index in [1.54, 1.807) is 54.5 Å². The zero-order valence-corrected chi connectivity index (χ0v) is 64.0. The molecule has 13 atom stereocenters. The molecule has 0 aromatic carbocycles. The van der Waals surface area contributed by atoms with E-state index in [1.165, 1.54) is 104 Å². The van der Waals surface area contributed by atoms with E-state index in [0.29, 0.717) is 18.7 Å². The summed E-state index contributed by atoms with van der Waals surface area (Å²) in [5.74, 6) is -9.72. The van der Waals surface area contributed by atoms with Gasteiger partial charge < -0.3 is 65.6 Å². The maximum absolute atomic E-state index is 15.5. The van der Waals surface area contributed by atoms with Gasteiger partial charge >= 0.3 is 0 Å². The van der Waals surface area contributed by atoms with Gasteiger partial charge in [-0.05, 0) is 113 Å². The van der Waals surface area contributed by atoms with E-state index in [-0.39, 0.29) is 55.1 Å². The van der Waals surface area contributed by atoms with Crippen LogP contribution in [0.1, 0.15) is 171 Å². The molecule has 5 N–H and O–H groups in total. The van der Waals surface area contributed by atoms with Gasteiger partial charge in [-0.2, -0.15) is 11.8 Å². The van der Waals surface area contributed by atoms with Crippen molar-refractivity contribution in [2.75, 3.05) is 80.5 Å². The summed E-state index contributed by atoms with van der Waals surface area (Å²) in [6, 6.07) is -13.8. The lowest BCUT2D eigenvalue weighted by atomic mass is 9.91. The Labute approximate surface area is 575 Å². The molecule has 1 aliphatic heterocycles. The molecule has 25 heteroatoms. The van der Waals surface area contributed by atoms with E-state index in [2.05, 4.69) is 26.2 Å². The molecule has 0 aliphatic carbocycles. The van der Waals surface area contributed by atoms with Crippen molar-refractivity contribution in [1.29, 1.82) is 0 Å². The Bertz CT molecular complexity index is 2560. The molecule has 0 aromatic heterocycles. The van der Waals surface area contributed by atoms with Crippen LogP contribution in [0.15, 0.2) is 12.2 Å². The Balaban J connectivity index is 4.60. The topological polar surface area (TPSA) is 282 Å². The van der Waals surface area contributed by atoms with Crippen molar-refractivity contribution in [2.45, 2.75) is 243 Å². The summed E-state index contributed by atoms with van der Waals surface area (Å²) in [5.41, 5.74) is 0. The average molecular weight is 1360 g/mol. The second kappa shape index (κ2) is 40.8. The molecule has 0 bridgehead atoms. The van der Waals surface area contributed by atoms with E-state index in [9.17, 15) is 24.3 Å². The number of hydrogen-bond acceptors (Lipinski definition) is 14. The number of thioether (sulfide) groups is 1. The van der Waals surface area contributed by atoms with E-state index in [1.807, 2.05) is 82.2 Å². The smallest absolute Gasteiger partial charge is 0.246 e.